The van der Waals surface area contributed by atoms with Crippen molar-refractivity contribution < 1.29 is 9.21 Å². The number of carbonyl (C=O) groups excluding carboxylic acids is 1. The molecule has 0 aliphatic heterocycles. The predicted octanol–water partition coefficient (Wildman–Crippen LogP) is 5.97. The van der Waals surface area contributed by atoms with Crippen LogP contribution in [-0.4, -0.2) is 15.9 Å². The summed E-state index contributed by atoms with van der Waals surface area (Å²) < 4.78 is 6.84. The molecule has 156 valence electrons. The molecule has 0 bridgehead atoms. The minimum absolute atomic E-state index is 0.0111. The fourth-order valence-electron chi connectivity index (χ4n) is 3.22. The Bertz CT molecular complexity index is 1140. The molecule has 0 radical (unpaired) electrons. The van der Waals surface area contributed by atoms with E-state index in [1.165, 1.54) is 5.56 Å². The van der Waals surface area contributed by atoms with Gasteiger partial charge in [-0.15, -0.1) is 0 Å². The third-order valence-electron chi connectivity index (χ3n) is 4.93. The number of hydrogen-bond acceptors (Lipinski definition) is 4. The molecular weight excluding hydrogens is 454 g/mol. The molecule has 0 unspecified atom stereocenters. The van der Waals surface area contributed by atoms with Crippen LogP contribution in [0, 0.1) is 6.92 Å². The van der Waals surface area contributed by atoms with Crippen LogP contribution in [0.25, 0.3) is 11.3 Å². The normalized spacial score (nSPS) is 10.8. The smallest absolute Gasteiger partial charge is 0.227 e. The minimum atomic E-state index is -0.0111. The number of carbonyl (C=O) groups is 1. The highest BCUT2D eigenvalue weighted by atomic mass is 79.9. The molecule has 0 spiro atoms. The van der Waals surface area contributed by atoms with Crippen molar-refractivity contribution in [2.24, 2.45) is 0 Å². The first-order chi connectivity index (χ1) is 15.1. The number of aromatic nitrogens is 2. The lowest BCUT2D eigenvalue weighted by Crippen LogP contribution is -2.31. The van der Waals surface area contributed by atoms with Gasteiger partial charge in [0.05, 0.1) is 18.4 Å². The van der Waals surface area contributed by atoms with Crippen LogP contribution in [-0.2, 0) is 17.8 Å². The lowest BCUT2D eigenvalue weighted by molar-refractivity contribution is -0.118. The standard InChI is InChI=1S/C25H22BrN3O2/c1-18-5-7-19(8-6-18)23-16-28-24(31-23)13-14-25(30)29(17-21-4-2-3-15-27-21)22-11-9-20(26)10-12-22/h2-12,15-16H,13-14,17H2,1H3. The molecule has 0 saturated carbocycles. The molecule has 0 N–H and O–H groups in total. The molecule has 0 aliphatic rings. The van der Waals surface area contributed by atoms with Gasteiger partial charge in [-0.2, -0.15) is 0 Å². The van der Waals surface area contributed by atoms with Gasteiger partial charge in [-0.25, -0.2) is 4.98 Å². The maximum absolute atomic E-state index is 13.1. The van der Waals surface area contributed by atoms with E-state index in [-0.39, 0.29) is 12.3 Å². The van der Waals surface area contributed by atoms with Crippen molar-refractivity contribution in [3.8, 4) is 11.3 Å². The second kappa shape index (κ2) is 9.71. The minimum Gasteiger partial charge on any atom is -0.441 e. The van der Waals surface area contributed by atoms with Crippen LogP contribution in [0.4, 0.5) is 5.69 Å². The Kier molecular flexibility index (Phi) is 6.57. The van der Waals surface area contributed by atoms with Crippen LogP contribution in [0.5, 0.6) is 0 Å². The van der Waals surface area contributed by atoms with Gasteiger partial charge in [-0.1, -0.05) is 51.8 Å². The summed E-state index contributed by atoms with van der Waals surface area (Å²) in [5.74, 6) is 1.25. The Morgan fingerprint density at radius 1 is 1.00 bits per heavy atom. The van der Waals surface area contributed by atoms with Crippen molar-refractivity contribution >= 4 is 27.5 Å². The summed E-state index contributed by atoms with van der Waals surface area (Å²) in [6, 6.07) is 21.5. The van der Waals surface area contributed by atoms with E-state index in [1.54, 1.807) is 17.3 Å². The molecule has 4 aromatic rings. The lowest BCUT2D eigenvalue weighted by atomic mass is 10.1. The molecule has 0 atom stereocenters. The Morgan fingerprint density at radius 2 is 1.77 bits per heavy atom. The molecule has 5 nitrogen and oxygen atoms in total. The zero-order valence-electron chi connectivity index (χ0n) is 17.2. The quantitative estimate of drug-likeness (QED) is 0.330. The Labute approximate surface area is 189 Å². The van der Waals surface area contributed by atoms with Crippen LogP contribution in [0.1, 0.15) is 23.6 Å². The van der Waals surface area contributed by atoms with Crippen LogP contribution in [0.2, 0.25) is 0 Å². The summed E-state index contributed by atoms with van der Waals surface area (Å²) in [4.78, 5) is 23.6. The predicted molar refractivity (Wildman–Crippen MR) is 125 cm³/mol. The number of nitrogens with zero attached hydrogens (tertiary/aromatic N) is 3. The van der Waals surface area contributed by atoms with E-state index in [0.717, 1.165) is 21.4 Å². The third-order valence-corrected chi connectivity index (χ3v) is 5.46. The average Bonchev–Trinajstić information content (AvgIpc) is 3.27. The lowest BCUT2D eigenvalue weighted by Gasteiger charge is -2.22. The van der Waals surface area contributed by atoms with Gasteiger partial charge in [0.15, 0.2) is 11.7 Å². The number of amides is 1. The highest BCUT2D eigenvalue weighted by molar-refractivity contribution is 9.10. The molecule has 0 aliphatic carbocycles. The molecular formula is C25H22BrN3O2. The van der Waals surface area contributed by atoms with Crippen molar-refractivity contribution in [3.05, 3.63) is 101 Å². The van der Waals surface area contributed by atoms with Crippen LogP contribution in [0.15, 0.2) is 88.0 Å². The van der Waals surface area contributed by atoms with Gasteiger partial charge in [0.1, 0.15) is 0 Å². The second-order valence-electron chi connectivity index (χ2n) is 7.26. The average molecular weight is 476 g/mol. The molecule has 6 heteroatoms. The van der Waals surface area contributed by atoms with Crippen molar-refractivity contribution in [2.75, 3.05) is 4.90 Å². The van der Waals surface area contributed by atoms with Gasteiger partial charge in [0.2, 0.25) is 5.91 Å². The number of halogens is 1. The number of hydrogen-bond donors (Lipinski definition) is 0. The van der Waals surface area contributed by atoms with E-state index >= 15 is 0 Å². The summed E-state index contributed by atoms with van der Waals surface area (Å²) in [7, 11) is 0. The fourth-order valence-corrected chi connectivity index (χ4v) is 3.49. The zero-order valence-corrected chi connectivity index (χ0v) is 18.7. The Hall–Kier alpha value is -3.25. The first kappa shape index (κ1) is 21.0. The summed E-state index contributed by atoms with van der Waals surface area (Å²) in [5.41, 5.74) is 3.82. The number of rotatable bonds is 7. The van der Waals surface area contributed by atoms with E-state index in [9.17, 15) is 4.79 Å². The number of aryl methyl sites for hydroxylation is 2. The molecule has 2 aromatic heterocycles. The van der Waals surface area contributed by atoms with E-state index in [1.807, 2.05) is 73.7 Å². The molecule has 0 fully saturated rings. The van der Waals surface area contributed by atoms with Crippen LogP contribution < -0.4 is 4.90 Å². The van der Waals surface area contributed by atoms with Crippen molar-refractivity contribution in [1.29, 1.82) is 0 Å². The first-order valence-electron chi connectivity index (χ1n) is 10.1. The van der Waals surface area contributed by atoms with Gasteiger partial charge in [0.25, 0.3) is 0 Å². The number of oxazole rings is 1. The molecule has 4 rings (SSSR count). The highest BCUT2D eigenvalue weighted by Gasteiger charge is 2.18. The summed E-state index contributed by atoms with van der Waals surface area (Å²) in [6.45, 7) is 2.45. The summed E-state index contributed by atoms with van der Waals surface area (Å²) >= 11 is 3.45. The topological polar surface area (TPSA) is 59.2 Å². The molecule has 0 saturated heterocycles. The Morgan fingerprint density at radius 3 is 2.48 bits per heavy atom. The SMILES string of the molecule is Cc1ccc(-c2cnc(CCC(=O)N(Cc3ccccn3)c3ccc(Br)cc3)o2)cc1. The van der Waals surface area contributed by atoms with Gasteiger partial charge in [-0.3, -0.25) is 9.78 Å². The van der Waals surface area contributed by atoms with Crippen molar-refractivity contribution in [1.82, 2.24) is 9.97 Å². The van der Waals surface area contributed by atoms with Gasteiger partial charge < -0.3 is 9.32 Å². The molecule has 1 amide bonds. The molecule has 2 heterocycles. The highest BCUT2D eigenvalue weighted by Crippen LogP contribution is 2.23. The van der Waals surface area contributed by atoms with E-state index < -0.39 is 0 Å². The monoisotopic (exact) mass is 475 g/mol. The van der Waals surface area contributed by atoms with E-state index in [2.05, 4.69) is 25.9 Å². The van der Waals surface area contributed by atoms with Crippen LogP contribution in [0.3, 0.4) is 0 Å². The maximum atomic E-state index is 13.1. The van der Waals surface area contributed by atoms with Crippen molar-refractivity contribution in [2.45, 2.75) is 26.3 Å². The summed E-state index contributed by atoms with van der Waals surface area (Å²) in [5, 5.41) is 0. The second-order valence-corrected chi connectivity index (χ2v) is 8.18. The third kappa shape index (κ3) is 5.47. The molecule has 31 heavy (non-hydrogen) atoms. The largest absolute Gasteiger partial charge is 0.441 e. The maximum Gasteiger partial charge on any atom is 0.227 e. The fraction of sp³-hybridized carbons (Fsp3) is 0.160. The van der Waals surface area contributed by atoms with Crippen molar-refractivity contribution in [3.63, 3.8) is 0 Å². The van der Waals surface area contributed by atoms with Gasteiger partial charge >= 0.3 is 0 Å². The van der Waals surface area contributed by atoms with E-state index in [4.69, 9.17) is 4.42 Å². The number of pyridine rings is 1. The van der Waals surface area contributed by atoms with E-state index in [0.29, 0.717) is 24.6 Å². The number of benzene rings is 2. The van der Waals surface area contributed by atoms with Gasteiger partial charge in [-0.05, 0) is 43.3 Å². The zero-order chi connectivity index (χ0) is 21.6. The van der Waals surface area contributed by atoms with Gasteiger partial charge in [0, 0.05) is 34.8 Å². The Balaban J connectivity index is 1.47. The number of anilines is 1. The molecule has 2 aromatic carbocycles. The van der Waals surface area contributed by atoms with Crippen LogP contribution >= 0.6 is 15.9 Å². The summed E-state index contributed by atoms with van der Waals surface area (Å²) in [6.07, 6.45) is 4.17. The first-order valence-corrected chi connectivity index (χ1v) is 10.9.